The Morgan fingerprint density at radius 1 is 1.12 bits per heavy atom. The highest BCUT2D eigenvalue weighted by molar-refractivity contribution is 5.80. The topological polar surface area (TPSA) is 59.6 Å². The molecule has 0 aromatic heterocycles. The summed E-state index contributed by atoms with van der Waals surface area (Å²) in [6.07, 6.45) is 0. The summed E-state index contributed by atoms with van der Waals surface area (Å²) in [5.74, 6) is 1.54. The minimum absolute atomic E-state index is 0.0563. The number of hydrogen-bond donors (Lipinski definition) is 2. The Kier molecular flexibility index (Phi) is 5.56. The fraction of sp³-hybridized carbons (Fsp3) is 0.350. The molecular weight excluding hydrogens is 316 g/mol. The molecule has 2 atom stereocenters. The van der Waals surface area contributed by atoms with Crippen LogP contribution in [-0.4, -0.2) is 33.2 Å². The average Bonchev–Trinajstić information content (AvgIpc) is 3.16. The van der Waals surface area contributed by atoms with Crippen molar-refractivity contribution in [3.05, 3.63) is 59.7 Å². The Morgan fingerprint density at radius 2 is 1.92 bits per heavy atom. The van der Waals surface area contributed by atoms with E-state index >= 15 is 0 Å². The SMILES string of the molecule is COc1ccc(OC)c(C2CNCC2C(=O)NCc2ccccc2)c1. The molecule has 25 heavy (non-hydrogen) atoms. The summed E-state index contributed by atoms with van der Waals surface area (Å²) in [5.41, 5.74) is 2.10. The second-order valence-corrected chi connectivity index (χ2v) is 6.18. The molecule has 2 N–H and O–H groups in total. The van der Waals surface area contributed by atoms with Crippen LogP contribution in [0.25, 0.3) is 0 Å². The van der Waals surface area contributed by atoms with Crippen molar-refractivity contribution < 1.29 is 14.3 Å². The predicted molar refractivity (Wildman–Crippen MR) is 96.9 cm³/mol. The molecule has 1 heterocycles. The van der Waals surface area contributed by atoms with Gasteiger partial charge in [-0.05, 0) is 23.8 Å². The second kappa shape index (κ2) is 8.03. The van der Waals surface area contributed by atoms with Gasteiger partial charge < -0.3 is 20.1 Å². The number of ether oxygens (including phenoxy) is 2. The molecular formula is C20H24N2O3. The molecule has 1 saturated heterocycles. The summed E-state index contributed by atoms with van der Waals surface area (Å²) >= 11 is 0. The van der Waals surface area contributed by atoms with Crippen molar-refractivity contribution in [3.8, 4) is 11.5 Å². The predicted octanol–water partition coefficient (Wildman–Crippen LogP) is 2.32. The van der Waals surface area contributed by atoms with E-state index in [-0.39, 0.29) is 17.7 Å². The van der Waals surface area contributed by atoms with Crippen LogP contribution in [0.2, 0.25) is 0 Å². The zero-order valence-electron chi connectivity index (χ0n) is 14.6. The third-order valence-electron chi connectivity index (χ3n) is 4.70. The van der Waals surface area contributed by atoms with Gasteiger partial charge in [0.25, 0.3) is 0 Å². The van der Waals surface area contributed by atoms with Crippen LogP contribution in [0.1, 0.15) is 17.0 Å². The van der Waals surface area contributed by atoms with Gasteiger partial charge in [0.2, 0.25) is 5.91 Å². The van der Waals surface area contributed by atoms with Gasteiger partial charge in [0.15, 0.2) is 0 Å². The standard InChI is InChI=1S/C20H24N2O3/c1-24-15-8-9-19(25-2)16(10-15)17-12-21-13-18(17)20(23)22-11-14-6-4-3-5-7-14/h3-10,17-18,21H,11-13H2,1-2H3,(H,22,23). The molecule has 5 heteroatoms. The van der Waals surface area contributed by atoms with Gasteiger partial charge in [-0.25, -0.2) is 0 Å². The molecule has 2 aromatic carbocycles. The van der Waals surface area contributed by atoms with Crippen LogP contribution in [0.3, 0.4) is 0 Å². The molecule has 0 spiro atoms. The van der Waals surface area contributed by atoms with Gasteiger partial charge in [-0.3, -0.25) is 4.79 Å². The van der Waals surface area contributed by atoms with E-state index in [4.69, 9.17) is 9.47 Å². The lowest BCUT2D eigenvalue weighted by Crippen LogP contribution is -2.34. The Labute approximate surface area is 148 Å². The summed E-state index contributed by atoms with van der Waals surface area (Å²) in [5, 5.41) is 6.39. The molecule has 0 saturated carbocycles. The quantitative estimate of drug-likeness (QED) is 0.847. The third kappa shape index (κ3) is 3.94. The first kappa shape index (κ1) is 17.3. The van der Waals surface area contributed by atoms with Crippen molar-refractivity contribution in [1.82, 2.24) is 10.6 Å². The van der Waals surface area contributed by atoms with E-state index in [0.29, 0.717) is 13.1 Å². The van der Waals surface area contributed by atoms with Gasteiger partial charge in [-0.15, -0.1) is 0 Å². The highest BCUT2D eigenvalue weighted by atomic mass is 16.5. The lowest BCUT2D eigenvalue weighted by Gasteiger charge is -2.21. The maximum Gasteiger partial charge on any atom is 0.225 e. The van der Waals surface area contributed by atoms with Crippen LogP contribution in [0.15, 0.2) is 48.5 Å². The maximum absolute atomic E-state index is 12.7. The Balaban J connectivity index is 1.75. The van der Waals surface area contributed by atoms with Gasteiger partial charge in [-0.2, -0.15) is 0 Å². The zero-order chi connectivity index (χ0) is 17.6. The summed E-state index contributed by atoms with van der Waals surface area (Å²) in [4.78, 5) is 12.7. The third-order valence-corrected chi connectivity index (χ3v) is 4.70. The molecule has 1 aliphatic rings. The van der Waals surface area contributed by atoms with Crippen molar-refractivity contribution in [2.45, 2.75) is 12.5 Å². The van der Waals surface area contributed by atoms with E-state index in [1.165, 1.54) is 0 Å². The number of carbonyl (C=O) groups is 1. The number of benzene rings is 2. The second-order valence-electron chi connectivity index (χ2n) is 6.18. The van der Waals surface area contributed by atoms with Crippen molar-refractivity contribution >= 4 is 5.91 Å². The molecule has 1 aliphatic heterocycles. The van der Waals surface area contributed by atoms with Crippen molar-refractivity contribution in [2.24, 2.45) is 5.92 Å². The van der Waals surface area contributed by atoms with Crippen LogP contribution >= 0.6 is 0 Å². The minimum atomic E-state index is -0.135. The van der Waals surface area contributed by atoms with Gasteiger partial charge in [0.05, 0.1) is 20.1 Å². The van der Waals surface area contributed by atoms with Gasteiger partial charge >= 0.3 is 0 Å². The number of carbonyl (C=O) groups excluding carboxylic acids is 1. The molecule has 5 nitrogen and oxygen atoms in total. The van der Waals surface area contributed by atoms with E-state index < -0.39 is 0 Å². The monoisotopic (exact) mass is 340 g/mol. The zero-order valence-corrected chi connectivity index (χ0v) is 14.6. The normalized spacial score (nSPS) is 19.4. The summed E-state index contributed by atoms with van der Waals surface area (Å²) in [6.45, 7) is 1.94. The minimum Gasteiger partial charge on any atom is -0.497 e. The van der Waals surface area contributed by atoms with E-state index in [2.05, 4.69) is 10.6 Å². The fourth-order valence-electron chi connectivity index (χ4n) is 3.33. The van der Waals surface area contributed by atoms with Gasteiger partial charge in [0.1, 0.15) is 11.5 Å². The first-order valence-corrected chi connectivity index (χ1v) is 8.47. The molecule has 0 radical (unpaired) electrons. The molecule has 1 fully saturated rings. The number of nitrogens with one attached hydrogen (secondary N) is 2. The molecule has 3 rings (SSSR count). The fourth-order valence-corrected chi connectivity index (χ4v) is 3.33. The van der Waals surface area contributed by atoms with E-state index in [0.717, 1.165) is 29.2 Å². The highest BCUT2D eigenvalue weighted by Crippen LogP contribution is 2.36. The summed E-state index contributed by atoms with van der Waals surface area (Å²) < 4.78 is 10.8. The lowest BCUT2D eigenvalue weighted by atomic mass is 9.87. The molecule has 2 aromatic rings. The summed E-state index contributed by atoms with van der Waals surface area (Å²) in [7, 11) is 3.29. The number of hydrogen-bond acceptors (Lipinski definition) is 4. The van der Waals surface area contributed by atoms with E-state index in [1.807, 2.05) is 48.5 Å². The van der Waals surface area contributed by atoms with Crippen LogP contribution < -0.4 is 20.1 Å². The average molecular weight is 340 g/mol. The number of rotatable bonds is 6. The van der Waals surface area contributed by atoms with Crippen molar-refractivity contribution in [2.75, 3.05) is 27.3 Å². The van der Waals surface area contributed by atoms with Crippen LogP contribution in [-0.2, 0) is 11.3 Å². The molecule has 132 valence electrons. The van der Waals surface area contributed by atoms with Gasteiger partial charge in [-0.1, -0.05) is 30.3 Å². The lowest BCUT2D eigenvalue weighted by molar-refractivity contribution is -0.125. The molecule has 0 bridgehead atoms. The van der Waals surface area contributed by atoms with E-state index in [9.17, 15) is 4.79 Å². The smallest absolute Gasteiger partial charge is 0.225 e. The largest absolute Gasteiger partial charge is 0.497 e. The number of amides is 1. The maximum atomic E-state index is 12.7. The molecule has 0 aliphatic carbocycles. The number of methoxy groups -OCH3 is 2. The van der Waals surface area contributed by atoms with Crippen LogP contribution in [0.4, 0.5) is 0 Å². The van der Waals surface area contributed by atoms with Crippen LogP contribution in [0, 0.1) is 5.92 Å². The molecule has 1 amide bonds. The Morgan fingerprint density at radius 3 is 2.64 bits per heavy atom. The van der Waals surface area contributed by atoms with E-state index in [1.54, 1.807) is 14.2 Å². The first-order chi connectivity index (χ1) is 12.2. The van der Waals surface area contributed by atoms with Crippen molar-refractivity contribution in [3.63, 3.8) is 0 Å². The van der Waals surface area contributed by atoms with Crippen LogP contribution in [0.5, 0.6) is 11.5 Å². The highest BCUT2D eigenvalue weighted by Gasteiger charge is 2.35. The summed E-state index contributed by atoms with van der Waals surface area (Å²) in [6, 6.07) is 15.7. The molecule has 2 unspecified atom stereocenters. The van der Waals surface area contributed by atoms with Crippen molar-refractivity contribution in [1.29, 1.82) is 0 Å². The van der Waals surface area contributed by atoms with Gasteiger partial charge in [0, 0.05) is 31.1 Å². The first-order valence-electron chi connectivity index (χ1n) is 8.47. The Hall–Kier alpha value is -2.53. The Bertz CT molecular complexity index is 718.